The number of amides is 1. The molecule has 0 atom stereocenters. The van der Waals surface area contributed by atoms with E-state index in [0.29, 0.717) is 24.3 Å². The number of nitrogens with one attached hydrogen (secondary N) is 1. The van der Waals surface area contributed by atoms with Gasteiger partial charge in [-0.15, -0.1) is 24.8 Å². The number of carbonyl (C=O) groups excluding carboxylic acids is 1. The Hall–Kier alpha value is -1.08. The van der Waals surface area contributed by atoms with Crippen LogP contribution in [0.5, 0.6) is 0 Å². The topological polar surface area (TPSA) is 38.8 Å². The van der Waals surface area contributed by atoms with Gasteiger partial charge in [0.25, 0.3) is 5.91 Å². The smallest absolute Gasteiger partial charge is 0.253 e. The Morgan fingerprint density at radius 2 is 1.88 bits per heavy atom. The second kappa shape index (κ2) is 11.5. The van der Waals surface area contributed by atoms with Gasteiger partial charge >= 0.3 is 0 Å². The molecule has 1 aliphatic heterocycles. The van der Waals surface area contributed by atoms with Gasteiger partial charge in [0.05, 0.1) is 5.69 Å². The van der Waals surface area contributed by atoms with Gasteiger partial charge in [-0.3, -0.25) is 4.79 Å². The summed E-state index contributed by atoms with van der Waals surface area (Å²) in [6.07, 6.45) is 0. The molecule has 1 aromatic carbocycles. The molecule has 1 aromatic rings. The third-order valence-corrected chi connectivity index (χ3v) is 4.40. The maximum absolute atomic E-state index is 14.5. The van der Waals surface area contributed by atoms with Crippen molar-refractivity contribution in [2.75, 3.05) is 64.8 Å². The van der Waals surface area contributed by atoms with Crippen LogP contribution in [-0.2, 0) is 0 Å². The predicted molar refractivity (Wildman–Crippen MR) is 106 cm³/mol. The lowest BCUT2D eigenvalue weighted by molar-refractivity contribution is 0.0796. The molecule has 8 heteroatoms. The zero-order valence-corrected chi connectivity index (χ0v) is 16.8. The molecule has 144 valence electrons. The summed E-state index contributed by atoms with van der Waals surface area (Å²) in [5, 5.41) is 3.00. The average molecular weight is 395 g/mol. The SMILES string of the molecule is CCN1CCN(c2ccc(C(=O)N(C)CCNC)cc2F)CC1.Cl.Cl. The van der Waals surface area contributed by atoms with Crippen molar-refractivity contribution in [1.29, 1.82) is 0 Å². The zero-order valence-electron chi connectivity index (χ0n) is 15.1. The van der Waals surface area contributed by atoms with Crippen LogP contribution in [0, 0.1) is 5.82 Å². The number of rotatable bonds is 6. The van der Waals surface area contributed by atoms with Crippen molar-refractivity contribution in [3.05, 3.63) is 29.6 Å². The van der Waals surface area contributed by atoms with Crippen molar-refractivity contribution in [1.82, 2.24) is 15.1 Å². The third-order valence-electron chi connectivity index (χ3n) is 4.40. The van der Waals surface area contributed by atoms with Crippen molar-refractivity contribution in [3.63, 3.8) is 0 Å². The van der Waals surface area contributed by atoms with Crippen LogP contribution in [0.3, 0.4) is 0 Å². The molecule has 0 aliphatic carbocycles. The van der Waals surface area contributed by atoms with Gasteiger partial charge in [-0.2, -0.15) is 0 Å². The molecule has 0 spiro atoms. The van der Waals surface area contributed by atoms with E-state index in [1.807, 2.05) is 7.05 Å². The largest absolute Gasteiger partial charge is 0.367 e. The molecule has 2 rings (SSSR count). The number of carbonyl (C=O) groups is 1. The Morgan fingerprint density at radius 1 is 1.24 bits per heavy atom. The number of piperazine rings is 1. The number of halogens is 3. The van der Waals surface area contributed by atoms with Gasteiger partial charge in [-0.1, -0.05) is 6.92 Å². The summed E-state index contributed by atoms with van der Waals surface area (Å²) in [6.45, 7) is 8.01. The lowest BCUT2D eigenvalue weighted by Gasteiger charge is -2.35. The fourth-order valence-electron chi connectivity index (χ4n) is 2.80. The summed E-state index contributed by atoms with van der Waals surface area (Å²) in [7, 11) is 3.57. The second-order valence-electron chi connectivity index (χ2n) is 5.92. The highest BCUT2D eigenvalue weighted by Gasteiger charge is 2.20. The van der Waals surface area contributed by atoms with E-state index in [0.717, 1.165) is 32.7 Å². The highest BCUT2D eigenvalue weighted by molar-refractivity contribution is 5.94. The number of hydrogen-bond donors (Lipinski definition) is 1. The van der Waals surface area contributed by atoms with E-state index >= 15 is 0 Å². The van der Waals surface area contributed by atoms with E-state index in [1.54, 1.807) is 24.1 Å². The van der Waals surface area contributed by atoms with Gasteiger partial charge in [0, 0.05) is 51.9 Å². The molecule has 5 nitrogen and oxygen atoms in total. The van der Waals surface area contributed by atoms with E-state index in [4.69, 9.17) is 0 Å². The van der Waals surface area contributed by atoms with Crippen LogP contribution >= 0.6 is 24.8 Å². The molecule has 1 N–H and O–H groups in total. The molecule has 1 heterocycles. The van der Waals surface area contributed by atoms with Crippen molar-refractivity contribution in [2.24, 2.45) is 0 Å². The summed E-state index contributed by atoms with van der Waals surface area (Å²) < 4.78 is 14.5. The summed E-state index contributed by atoms with van der Waals surface area (Å²) in [6, 6.07) is 4.82. The number of likely N-dealkylation sites (N-methyl/N-ethyl adjacent to an activating group) is 3. The van der Waals surface area contributed by atoms with Crippen molar-refractivity contribution in [3.8, 4) is 0 Å². The molecule has 0 saturated carbocycles. The Kier molecular flexibility index (Phi) is 11.0. The van der Waals surface area contributed by atoms with Gasteiger partial charge < -0.3 is 20.0 Å². The lowest BCUT2D eigenvalue weighted by atomic mass is 10.1. The average Bonchev–Trinajstić information content (AvgIpc) is 2.59. The number of benzene rings is 1. The molecular formula is C17H29Cl2FN4O. The molecule has 0 aromatic heterocycles. The summed E-state index contributed by atoms with van der Waals surface area (Å²) in [4.78, 5) is 18.3. The van der Waals surface area contributed by atoms with Gasteiger partial charge in [0.1, 0.15) is 5.82 Å². The first-order valence-corrected chi connectivity index (χ1v) is 8.23. The van der Waals surface area contributed by atoms with Crippen LogP contribution in [0.25, 0.3) is 0 Å². The highest BCUT2D eigenvalue weighted by atomic mass is 35.5. The van der Waals surface area contributed by atoms with Gasteiger partial charge in [-0.05, 0) is 31.8 Å². The maximum atomic E-state index is 14.5. The summed E-state index contributed by atoms with van der Waals surface area (Å²) in [5.74, 6) is -0.468. The fraction of sp³-hybridized carbons (Fsp3) is 0.588. The molecule has 1 saturated heterocycles. The van der Waals surface area contributed by atoms with Crippen molar-refractivity contribution < 1.29 is 9.18 Å². The van der Waals surface area contributed by atoms with Crippen LogP contribution in [0.4, 0.5) is 10.1 Å². The van der Waals surface area contributed by atoms with E-state index in [-0.39, 0.29) is 36.5 Å². The first-order chi connectivity index (χ1) is 11.1. The number of anilines is 1. The zero-order chi connectivity index (χ0) is 16.8. The monoisotopic (exact) mass is 394 g/mol. The van der Waals surface area contributed by atoms with Crippen molar-refractivity contribution in [2.45, 2.75) is 6.92 Å². The molecular weight excluding hydrogens is 366 g/mol. The minimum atomic E-state index is -0.317. The summed E-state index contributed by atoms with van der Waals surface area (Å²) in [5.41, 5.74) is 0.993. The lowest BCUT2D eigenvalue weighted by Crippen LogP contribution is -2.46. The normalized spacial score (nSPS) is 14.5. The van der Waals surface area contributed by atoms with Crippen LogP contribution in [0.2, 0.25) is 0 Å². The maximum Gasteiger partial charge on any atom is 0.253 e. The molecule has 1 aliphatic rings. The highest BCUT2D eigenvalue weighted by Crippen LogP contribution is 2.22. The standard InChI is InChI=1S/C17H27FN4O.2ClH/c1-4-21-9-11-22(12-10-21)16-6-5-14(13-15(16)18)17(23)20(3)8-7-19-2;;/h5-6,13,19H,4,7-12H2,1-3H3;2*1H. The molecule has 1 fully saturated rings. The summed E-state index contributed by atoms with van der Waals surface area (Å²) >= 11 is 0. The Bertz CT molecular complexity index is 539. The second-order valence-corrected chi connectivity index (χ2v) is 5.92. The molecule has 1 amide bonds. The predicted octanol–water partition coefficient (Wildman–Crippen LogP) is 2.10. The Morgan fingerprint density at radius 3 is 2.40 bits per heavy atom. The van der Waals surface area contributed by atoms with Crippen LogP contribution < -0.4 is 10.2 Å². The van der Waals surface area contributed by atoms with E-state index in [9.17, 15) is 9.18 Å². The van der Waals surface area contributed by atoms with E-state index in [1.165, 1.54) is 6.07 Å². The Labute approximate surface area is 162 Å². The number of nitrogens with zero attached hydrogens (tertiary/aromatic N) is 3. The van der Waals surface area contributed by atoms with Crippen LogP contribution in [-0.4, -0.2) is 75.6 Å². The molecule has 0 unspecified atom stereocenters. The molecule has 0 radical (unpaired) electrons. The quantitative estimate of drug-likeness (QED) is 0.801. The van der Waals surface area contributed by atoms with Gasteiger partial charge in [-0.25, -0.2) is 4.39 Å². The van der Waals surface area contributed by atoms with Crippen molar-refractivity contribution >= 4 is 36.4 Å². The first-order valence-electron chi connectivity index (χ1n) is 8.23. The van der Waals surface area contributed by atoms with E-state index < -0.39 is 0 Å². The minimum Gasteiger partial charge on any atom is -0.367 e. The first kappa shape index (κ1) is 23.9. The van der Waals surface area contributed by atoms with E-state index in [2.05, 4.69) is 22.0 Å². The van der Waals surface area contributed by atoms with Crippen LogP contribution in [0.15, 0.2) is 18.2 Å². The Balaban J connectivity index is 0.00000288. The molecule has 25 heavy (non-hydrogen) atoms. The van der Waals surface area contributed by atoms with Crippen LogP contribution in [0.1, 0.15) is 17.3 Å². The number of hydrogen-bond acceptors (Lipinski definition) is 4. The third kappa shape index (κ3) is 6.29. The fourth-order valence-corrected chi connectivity index (χ4v) is 2.80. The van der Waals surface area contributed by atoms with Gasteiger partial charge in [0.15, 0.2) is 0 Å². The molecule has 0 bridgehead atoms. The minimum absolute atomic E-state index is 0. The van der Waals surface area contributed by atoms with Gasteiger partial charge in [0.2, 0.25) is 0 Å².